The smallest absolute Gasteiger partial charge is 0.0645 e. The van der Waals surface area contributed by atoms with Crippen LogP contribution < -0.4 is 0 Å². The Morgan fingerprint density at radius 1 is 1.06 bits per heavy atom. The van der Waals surface area contributed by atoms with E-state index in [4.69, 9.17) is 0 Å². The fourth-order valence-corrected chi connectivity index (χ4v) is 1.86. The summed E-state index contributed by atoms with van der Waals surface area (Å²) in [5, 5.41) is 4.52. The number of aryl methyl sites for hydroxylation is 3. The molecule has 0 unspecified atom stereocenters. The van der Waals surface area contributed by atoms with Crippen molar-refractivity contribution in [3.63, 3.8) is 0 Å². The van der Waals surface area contributed by atoms with E-state index in [-0.39, 0.29) is 0 Å². The van der Waals surface area contributed by atoms with E-state index in [9.17, 15) is 0 Å². The largest absolute Gasteiger partial charge is 0.240 e. The maximum Gasteiger partial charge on any atom is 0.0645 e. The Kier molecular flexibility index (Phi) is 3.09. The molecule has 2 nitrogen and oxygen atoms in total. The number of nitrogens with zero attached hydrogens (tertiary/aromatic N) is 2. The van der Waals surface area contributed by atoms with E-state index < -0.39 is 0 Å². The molecule has 0 atom stereocenters. The summed E-state index contributed by atoms with van der Waals surface area (Å²) in [6, 6.07) is 8.59. The summed E-state index contributed by atoms with van der Waals surface area (Å²) in [6.45, 7) is 6.40. The molecule has 0 spiro atoms. The van der Waals surface area contributed by atoms with Crippen molar-refractivity contribution in [2.45, 2.75) is 33.6 Å². The van der Waals surface area contributed by atoms with Gasteiger partial charge in [-0.15, -0.1) is 0 Å². The van der Waals surface area contributed by atoms with E-state index >= 15 is 0 Å². The molecule has 16 heavy (non-hydrogen) atoms. The predicted molar refractivity (Wildman–Crippen MR) is 67.1 cm³/mol. The van der Waals surface area contributed by atoms with Crippen LogP contribution in [0.3, 0.4) is 0 Å². The maximum atomic E-state index is 4.52. The lowest BCUT2D eigenvalue weighted by atomic mass is 10.1. The van der Waals surface area contributed by atoms with Gasteiger partial charge in [0.05, 0.1) is 11.4 Å². The third-order valence-corrected chi connectivity index (χ3v) is 2.99. The molecule has 0 bridgehead atoms. The van der Waals surface area contributed by atoms with Gasteiger partial charge in [0.25, 0.3) is 0 Å². The molecule has 0 N–H and O–H groups in total. The Hall–Kier alpha value is -1.57. The van der Waals surface area contributed by atoms with Crippen LogP contribution in [0, 0.1) is 6.92 Å². The fraction of sp³-hybridized carbons (Fsp3) is 0.357. The Balaban J connectivity index is 2.34. The maximum absolute atomic E-state index is 4.52. The van der Waals surface area contributed by atoms with Gasteiger partial charge in [-0.1, -0.05) is 26.0 Å². The molecule has 1 aromatic carbocycles. The highest BCUT2D eigenvalue weighted by Crippen LogP contribution is 2.13. The lowest BCUT2D eigenvalue weighted by Crippen LogP contribution is -1.94. The van der Waals surface area contributed by atoms with Gasteiger partial charge in [0.1, 0.15) is 0 Å². The highest BCUT2D eigenvalue weighted by molar-refractivity contribution is 5.35. The molecule has 0 amide bonds. The summed E-state index contributed by atoms with van der Waals surface area (Å²) in [5.41, 5.74) is 4.95. The number of hydrogen-bond donors (Lipinski definition) is 0. The average Bonchev–Trinajstić information content (AvgIpc) is 2.71. The second-order valence-corrected chi connectivity index (χ2v) is 4.06. The van der Waals surface area contributed by atoms with Crippen LogP contribution >= 0.6 is 0 Å². The van der Waals surface area contributed by atoms with Crippen LogP contribution in [-0.4, -0.2) is 9.78 Å². The molecule has 84 valence electrons. The Labute approximate surface area is 96.9 Å². The summed E-state index contributed by atoms with van der Waals surface area (Å²) in [6.07, 6.45) is 4.24. The Bertz CT molecular complexity index is 466. The van der Waals surface area contributed by atoms with Crippen LogP contribution in [0.2, 0.25) is 0 Å². The molecule has 0 radical (unpaired) electrons. The van der Waals surface area contributed by atoms with Crippen molar-refractivity contribution in [3.8, 4) is 5.69 Å². The Morgan fingerprint density at radius 3 is 2.25 bits per heavy atom. The first-order chi connectivity index (χ1) is 7.74. The van der Waals surface area contributed by atoms with Gasteiger partial charge in [-0.25, -0.2) is 4.68 Å². The molecular weight excluding hydrogens is 196 g/mol. The van der Waals surface area contributed by atoms with Crippen molar-refractivity contribution in [2.75, 3.05) is 0 Å². The monoisotopic (exact) mass is 214 g/mol. The number of hydrogen-bond acceptors (Lipinski definition) is 1. The zero-order chi connectivity index (χ0) is 11.5. The summed E-state index contributed by atoms with van der Waals surface area (Å²) in [5.74, 6) is 0. The standard InChI is InChI=1S/C14H18N2/c1-4-12-6-8-14(9-7-12)16-10-13(5-2)11(3)15-16/h6-10H,4-5H2,1-3H3. The lowest BCUT2D eigenvalue weighted by Gasteiger charge is -2.02. The Morgan fingerprint density at radius 2 is 1.75 bits per heavy atom. The fourth-order valence-electron chi connectivity index (χ4n) is 1.86. The minimum atomic E-state index is 1.04. The molecule has 0 saturated carbocycles. The second-order valence-electron chi connectivity index (χ2n) is 4.06. The van der Waals surface area contributed by atoms with Gasteiger partial charge >= 0.3 is 0 Å². The van der Waals surface area contributed by atoms with Gasteiger partial charge in [0.15, 0.2) is 0 Å². The average molecular weight is 214 g/mol. The normalized spacial score (nSPS) is 10.7. The van der Waals surface area contributed by atoms with Gasteiger partial charge in [-0.05, 0) is 43.0 Å². The summed E-state index contributed by atoms with van der Waals surface area (Å²) >= 11 is 0. The van der Waals surface area contributed by atoms with E-state index in [0.717, 1.165) is 24.2 Å². The van der Waals surface area contributed by atoms with Crippen molar-refractivity contribution >= 4 is 0 Å². The van der Waals surface area contributed by atoms with E-state index in [1.165, 1.54) is 11.1 Å². The van der Waals surface area contributed by atoms with Crippen LogP contribution in [0.4, 0.5) is 0 Å². The van der Waals surface area contributed by atoms with Gasteiger partial charge < -0.3 is 0 Å². The SMILES string of the molecule is CCc1ccc(-n2cc(CC)c(C)n2)cc1. The molecule has 0 aliphatic carbocycles. The molecule has 2 heteroatoms. The van der Waals surface area contributed by atoms with Gasteiger partial charge in [0.2, 0.25) is 0 Å². The van der Waals surface area contributed by atoms with E-state index in [0.29, 0.717) is 0 Å². The predicted octanol–water partition coefficient (Wildman–Crippen LogP) is 3.31. The highest BCUT2D eigenvalue weighted by atomic mass is 15.3. The van der Waals surface area contributed by atoms with Crippen molar-refractivity contribution < 1.29 is 0 Å². The molecule has 0 saturated heterocycles. The van der Waals surface area contributed by atoms with Crippen molar-refractivity contribution in [3.05, 3.63) is 47.3 Å². The van der Waals surface area contributed by atoms with Gasteiger partial charge in [0, 0.05) is 6.20 Å². The molecule has 0 fully saturated rings. The zero-order valence-corrected chi connectivity index (χ0v) is 10.2. The van der Waals surface area contributed by atoms with Crippen molar-refractivity contribution in [2.24, 2.45) is 0 Å². The van der Waals surface area contributed by atoms with Crippen LogP contribution in [-0.2, 0) is 12.8 Å². The van der Waals surface area contributed by atoms with Crippen LogP contribution in [0.5, 0.6) is 0 Å². The second kappa shape index (κ2) is 4.52. The summed E-state index contributed by atoms with van der Waals surface area (Å²) in [7, 11) is 0. The minimum Gasteiger partial charge on any atom is -0.240 e. The summed E-state index contributed by atoms with van der Waals surface area (Å²) in [4.78, 5) is 0. The lowest BCUT2D eigenvalue weighted by molar-refractivity contribution is 0.861. The summed E-state index contributed by atoms with van der Waals surface area (Å²) < 4.78 is 1.97. The van der Waals surface area contributed by atoms with E-state index in [1.807, 2.05) is 4.68 Å². The molecule has 1 heterocycles. The number of aromatic nitrogens is 2. The van der Waals surface area contributed by atoms with Crippen molar-refractivity contribution in [1.29, 1.82) is 0 Å². The van der Waals surface area contributed by atoms with Crippen molar-refractivity contribution in [1.82, 2.24) is 9.78 Å². The van der Waals surface area contributed by atoms with Crippen LogP contribution in [0.1, 0.15) is 30.7 Å². The molecule has 0 aliphatic heterocycles. The highest BCUT2D eigenvalue weighted by Gasteiger charge is 2.03. The first-order valence-corrected chi connectivity index (χ1v) is 5.89. The zero-order valence-electron chi connectivity index (χ0n) is 10.2. The molecule has 1 aromatic heterocycles. The first kappa shape index (κ1) is 10.9. The van der Waals surface area contributed by atoms with Crippen LogP contribution in [0.25, 0.3) is 5.69 Å². The minimum absolute atomic E-state index is 1.04. The third kappa shape index (κ3) is 2.01. The number of rotatable bonds is 3. The van der Waals surface area contributed by atoms with E-state index in [2.05, 4.69) is 56.3 Å². The molecule has 2 aromatic rings. The van der Waals surface area contributed by atoms with Gasteiger partial charge in [-0.2, -0.15) is 5.10 Å². The molecule has 2 rings (SSSR count). The quantitative estimate of drug-likeness (QED) is 0.766. The number of benzene rings is 1. The topological polar surface area (TPSA) is 17.8 Å². The molecular formula is C14H18N2. The first-order valence-electron chi connectivity index (χ1n) is 5.89. The van der Waals surface area contributed by atoms with E-state index in [1.54, 1.807) is 0 Å². The van der Waals surface area contributed by atoms with Gasteiger partial charge in [-0.3, -0.25) is 0 Å². The van der Waals surface area contributed by atoms with Crippen LogP contribution in [0.15, 0.2) is 30.5 Å². The molecule has 0 aliphatic rings. The third-order valence-electron chi connectivity index (χ3n) is 2.99.